The second-order valence-electron chi connectivity index (χ2n) is 8.70. The molecule has 1 heterocycles. The van der Waals surface area contributed by atoms with E-state index in [1.807, 2.05) is 31.3 Å². The van der Waals surface area contributed by atoms with Crippen molar-refractivity contribution >= 4 is 46.5 Å². The van der Waals surface area contributed by atoms with Crippen molar-refractivity contribution in [1.82, 2.24) is 15.3 Å². The molecule has 0 atom stereocenters. The highest BCUT2D eigenvalue weighted by molar-refractivity contribution is 6.30. The summed E-state index contributed by atoms with van der Waals surface area (Å²) in [7, 11) is 1.81. The van der Waals surface area contributed by atoms with Crippen molar-refractivity contribution in [2.45, 2.75) is 38.1 Å². The molecule has 4 rings (SSSR count). The number of hydrogen-bond donors (Lipinski definition) is 2. The predicted octanol–water partition coefficient (Wildman–Crippen LogP) is 5.12. The minimum Gasteiger partial charge on any atom is -0.352 e. The van der Waals surface area contributed by atoms with Gasteiger partial charge in [-0.2, -0.15) is 0 Å². The maximum absolute atomic E-state index is 12.4. The third-order valence-electron chi connectivity index (χ3n) is 5.90. The van der Waals surface area contributed by atoms with E-state index < -0.39 is 0 Å². The summed E-state index contributed by atoms with van der Waals surface area (Å²) in [5.41, 5.74) is 2.16. The van der Waals surface area contributed by atoms with Crippen molar-refractivity contribution < 1.29 is 9.59 Å². The number of carbonyl (C=O) groups is 2. The van der Waals surface area contributed by atoms with E-state index in [4.69, 9.17) is 23.2 Å². The van der Waals surface area contributed by atoms with Crippen LogP contribution < -0.4 is 15.5 Å². The molecule has 2 aromatic carbocycles. The zero-order valence-corrected chi connectivity index (χ0v) is 20.9. The van der Waals surface area contributed by atoms with Crippen LogP contribution in [0.2, 0.25) is 10.2 Å². The first-order valence-corrected chi connectivity index (χ1v) is 12.3. The molecule has 9 heteroatoms. The van der Waals surface area contributed by atoms with Crippen molar-refractivity contribution in [3.8, 4) is 0 Å². The molecule has 182 valence electrons. The van der Waals surface area contributed by atoms with Gasteiger partial charge in [0.15, 0.2) is 0 Å². The molecule has 0 saturated heterocycles. The fourth-order valence-corrected chi connectivity index (χ4v) is 4.38. The molecule has 0 bridgehead atoms. The van der Waals surface area contributed by atoms with Crippen LogP contribution in [0.5, 0.6) is 0 Å². The minimum atomic E-state index is -0.211. The predicted molar refractivity (Wildman–Crippen MR) is 139 cm³/mol. The smallest absolute Gasteiger partial charge is 0.255 e. The molecule has 1 saturated carbocycles. The monoisotopic (exact) mass is 511 g/mol. The third kappa shape index (κ3) is 7.16. The van der Waals surface area contributed by atoms with Crippen molar-refractivity contribution in [2.75, 3.05) is 23.8 Å². The summed E-state index contributed by atoms with van der Waals surface area (Å²) >= 11 is 12.1. The Morgan fingerprint density at radius 1 is 1.00 bits per heavy atom. The first kappa shape index (κ1) is 24.9. The SMILES string of the molecule is CN(CC(=O)NC1CCCC1)c1cc(Cl)nc(Cc2ccc(NC(=O)c3ccc(Cl)cc3)cc2)n1. The zero-order chi connectivity index (χ0) is 24.8. The molecule has 1 fully saturated rings. The lowest BCUT2D eigenvalue weighted by atomic mass is 10.1. The number of nitrogens with one attached hydrogen (secondary N) is 2. The van der Waals surface area contributed by atoms with E-state index in [9.17, 15) is 9.59 Å². The maximum atomic E-state index is 12.4. The Hall–Kier alpha value is -3.16. The highest BCUT2D eigenvalue weighted by Crippen LogP contribution is 2.20. The number of hydrogen-bond acceptors (Lipinski definition) is 5. The number of aromatic nitrogens is 2. The van der Waals surface area contributed by atoms with Gasteiger partial charge in [-0.05, 0) is 54.8 Å². The first-order valence-electron chi connectivity index (χ1n) is 11.6. The van der Waals surface area contributed by atoms with Gasteiger partial charge in [0.1, 0.15) is 16.8 Å². The number of rotatable bonds is 8. The van der Waals surface area contributed by atoms with Crippen LogP contribution in [0.3, 0.4) is 0 Å². The fraction of sp³-hybridized carbons (Fsp3) is 0.308. The molecule has 1 aromatic heterocycles. The van der Waals surface area contributed by atoms with Gasteiger partial charge >= 0.3 is 0 Å². The van der Waals surface area contributed by atoms with Gasteiger partial charge in [0.2, 0.25) is 5.91 Å². The Labute approximate surface area is 214 Å². The van der Waals surface area contributed by atoms with Gasteiger partial charge in [0, 0.05) is 41.9 Å². The summed E-state index contributed by atoms with van der Waals surface area (Å²) < 4.78 is 0. The van der Waals surface area contributed by atoms with Crippen LogP contribution in [0, 0.1) is 0 Å². The molecular formula is C26H27Cl2N5O2. The average molecular weight is 512 g/mol. The second kappa shape index (κ2) is 11.5. The van der Waals surface area contributed by atoms with Crippen molar-refractivity contribution in [3.63, 3.8) is 0 Å². The van der Waals surface area contributed by atoms with Gasteiger partial charge in [-0.15, -0.1) is 0 Å². The molecule has 3 aromatic rings. The number of halogens is 2. The van der Waals surface area contributed by atoms with E-state index in [0.717, 1.165) is 18.4 Å². The van der Waals surface area contributed by atoms with Gasteiger partial charge in [0.05, 0.1) is 6.54 Å². The van der Waals surface area contributed by atoms with Crippen LogP contribution in [-0.2, 0) is 11.2 Å². The molecule has 2 N–H and O–H groups in total. The van der Waals surface area contributed by atoms with Gasteiger partial charge < -0.3 is 15.5 Å². The summed E-state index contributed by atoms with van der Waals surface area (Å²) in [6, 6.07) is 16.1. The van der Waals surface area contributed by atoms with E-state index in [-0.39, 0.29) is 24.4 Å². The van der Waals surface area contributed by atoms with Crippen LogP contribution in [-0.4, -0.2) is 41.4 Å². The number of amides is 2. The van der Waals surface area contributed by atoms with E-state index in [2.05, 4.69) is 20.6 Å². The Morgan fingerprint density at radius 2 is 1.69 bits per heavy atom. The minimum absolute atomic E-state index is 0.0214. The summed E-state index contributed by atoms with van der Waals surface area (Å²) in [6.07, 6.45) is 4.88. The van der Waals surface area contributed by atoms with E-state index in [0.29, 0.717) is 39.5 Å². The molecule has 1 aliphatic carbocycles. The van der Waals surface area contributed by atoms with Crippen molar-refractivity contribution in [2.24, 2.45) is 0 Å². The molecule has 2 amide bonds. The maximum Gasteiger partial charge on any atom is 0.255 e. The van der Waals surface area contributed by atoms with Crippen LogP contribution in [0.15, 0.2) is 54.6 Å². The van der Waals surface area contributed by atoms with E-state index >= 15 is 0 Å². The third-order valence-corrected chi connectivity index (χ3v) is 6.35. The average Bonchev–Trinajstić information content (AvgIpc) is 3.33. The molecular weight excluding hydrogens is 485 g/mol. The molecule has 0 radical (unpaired) electrons. The number of nitrogens with zero attached hydrogens (tertiary/aromatic N) is 3. The van der Waals surface area contributed by atoms with Crippen molar-refractivity contribution in [1.29, 1.82) is 0 Å². The van der Waals surface area contributed by atoms with Crippen LogP contribution in [0.25, 0.3) is 0 Å². The Balaban J connectivity index is 1.36. The normalized spacial score (nSPS) is 13.5. The molecule has 0 aliphatic heterocycles. The summed E-state index contributed by atoms with van der Waals surface area (Å²) in [5.74, 6) is 0.908. The first-order chi connectivity index (χ1) is 16.9. The van der Waals surface area contributed by atoms with Crippen LogP contribution in [0.1, 0.15) is 47.4 Å². The largest absolute Gasteiger partial charge is 0.352 e. The zero-order valence-electron chi connectivity index (χ0n) is 19.4. The quantitative estimate of drug-likeness (QED) is 0.409. The fourth-order valence-electron chi connectivity index (χ4n) is 4.06. The summed E-state index contributed by atoms with van der Waals surface area (Å²) in [5, 5.41) is 6.85. The topological polar surface area (TPSA) is 87.2 Å². The lowest BCUT2D eigenvalue weighted by Gasteiger charge is -2.20. The Bertz CT molecular complexity index is 1180. The molecule has 0 spiro atoms. The second-order valence-corrected chi connectivity index (χ2v) is 9.53. The summed E-state index contributed by atoms with van der Waals surface area (Å²) in [6.45, 7) is 0.200. The highest BCUT2D eigenvalue weighted by Gasteiger charge is 2.18. The van der Waals surface area contributed by atoms with Gasteiger partial charge in [0.25, 0.3) is 5.91 Å². The van der Waals surface area contributed by atoms with Crippen molar-refractivity contribution in [3.05, 3.63) is 81.7 Å². The summed E-state index contributed by atoms with van der Waals surface area (Å²) in [4.78, 5) is 35.5. The molecule has 7 nitrogen and oxygen atoms in total. The number of carbonyl (C=O) groups excluding carboxylic acids is 2. The van der Waals surface area contributed by atoms with E-state index in [1.165, 1.54) is 12.8 Å². The Kier molecular flexibility index (Phi) is 8.21. The lowest BCUT2D eigenvalue weighted by Crippen LogP contribution is -2.40. The standard InChI is InChI=1S/C26H27Cl2N5O2/c1-33(16-25(34)29-20-4-2-3-5-20)24-15-22(28)31-23(32-24)14-17-6-12-21(13-7-17)30-26(35)18-8-10-19(27)11-9-18/h6-13,15,20H,2-5,14,16H2,1H3,(H,29,34)(H,30,35). The van der Waals surface area contributed by atoms with Crippen LogP contribution >= 0.6 is 23.2 Å². The molecule has 35 heavy (non-hydrogen) atoms. The van der Waals surface area contributed by atoms with Gasteiger partial charge in [-0.3, -0.25) is 9.59 Å². The number of benzene rings is 2. The highest BCUT2D eigenvalue weighted by atomic mass is 35.5. The Morgan fingerprint density at radius 3 is 2.37 bits per heavy atom. The van der Waals surface area contributed by atoms with Crippen LogP contribution in [0.4, 0.5) is 11.5 Å². The van der Waals surface area contributed by atoms with Gasteiger partial charge in [-0.25, -0.2) is 9.97 Å². The van der Waals surface area contributed by atoms with Gasteiger partial charge in [-0.1, -0.05) is 48.2 Å². The molecule has 1 aliphatic rings. The lowest BCUT2D eigenvalue weighted by molar-refractivity contribution is -0.120. The molecule has 0 unspecified atom stereocenters. The number of likely N-dealkylation sites (N-methyl/N-ethyl adjacent to an activating group) is 1. The van der Waals surface area contributed by atoms with E-state index in [1.54, 1.807) is 35.2 Å². The number of anilines is 2.